The van der Waals surface area contributed by atoms with E-state index in [0.29, 0.717) is 51.7 Å². The van der Waals surface area contributed by atoms with Gasteiger partial charge in [0.15, 0.2) is 0 Å². The number of hydrogen-bond donors (Lipinski definition) is 2. The highest BCUT2D eigenvalue weighted by molar-refractivity contribution is 6.15. The molecule has 0 aliphatic carbocycles. The van der Waals surface area contributed by atoms with E-state index in [-0.39, 0.29) is 0 Å². The van der Waals surface area contributed by atoms with Crippen molar-refractivity contribution in [1.82, 2.24) is 19.5 Å². The Morgan fingerprint density at radius 3 is 2.28 bits per heavy atom. The number of methoxy groups -OCH3 is 2. The predicted octanol–water partition coefficient (Wildman–Crippen LogP) is 3.95. The van der Waals surface area contributed by atoms with Gasteiger partial charge in [-0.25, -0.2) is 15.6 Å². The number of esters is 1. The fourth-order valence-corrected chi connectivity index (χ4v) is 4.97. The highest BCUT2D eigenvalue weighted by Crippen LogP contribution is 2.38. The molecular formula is C29H36N6O4. The van der Waals surface area contributed by atoms with E-state index in [4.69, 9.17) is 30.8 Å². The van der Waals surface area contributed by atoms with Gasteiger partial charge < -0.3 is 29.5 Å². The van der Waals surface area contributed by atoms with Crippen LogP contribution in [0.5, 0.6) is 5.88 Å². The standard InChI is InChI=1S/C23H30N6O4.C6H6/c1-13(24)20(28(2)25)15-9-17-19(26-10-15)18-21(29(17)12-14-5-7-33-8-6-14)16(23(30)32-4)11-27-22(18)31-3;1-2-4-6-5-3-1/h9-11,14H,5-8,12,24-25H2,1-4H3;1-6H/b20-13-;. The molecule has 0 bridgehead atoms. The van der Waals surface area contributed by atoms with Gasteiger partial charge in [-0.05, 0) is 31.7 Å². The maximum atomic E-state index is 12.7. The number of rotatable bonds is 6. The zero-order chi connectivity index (χ0) is 27.9. The van der Waals surface area contributed by atoms with Gasteiger partial charge in [0.2, 0.25) is 5.88 Å². The van der Waals surface area contributed by atoms with Crippen molar-refractivity contribution in [2.24, 2.45) is 17.5 Å². The highest BCUT2D eigenvalue weighted by Gasteiger charge is 2.26. The minimum absolute atomic E-state index is 0.363. The van der Waals surface area contributed by atoms with Crippen LogP contribution in [-0.2, 0) is 16.0 Å². The molecule has 5 rings (SSSR count). The second-order valence-electron chi connectivity index (χ2n) is 9.45. The second-order valence-corrected chi connectivity index (χ2v) is 9.45. The Balaban J connectivity index is 0.000000519. The first-order valence-electron chi connectivity index (χ1n) is 12.8. The van der Waals surface area contributed by atoms with Crippen LogP contribution in [-0.4, -0.2) is 60.0 Å². The molecule has 0 radical (unpaired) electrons. The summed E-state index contributed by atoms with van der Waals surface area (Å²) in [6.45, 7) is 3.92. The van der Waals surface area contributed by atoms with Gasteiger partial charge in [0.25, 0.3) is 0 Å². The fourth-order valence-electron chi connectivity index (χ4n) is 4.97. The number of carbonyl (C=O) groups is 1. The first-order valence-corrected chi connectivity index (χ1v) is 12.8. The summed E-state index contributed by atoms with van der Waals surface area (Å²) in [6.07, 6.45) is 5.08. The summed E-state index contributed by atoms with van der Waals surface area (Å²) in [5, 5.41) is 2.15. The maximum absolute atomic E-state index is 12.7. The van der Waals surface area contributed by atoms with Crippen LogP contribution in [0, 0.1) is 5.92 Å². The number of pyridine rings is 2. The van der Waals surface area contributed by atoms with Crippen molar-refractivity contribution in [2.75, 3.05) is 34.5 Å². The molecule has 39 heavy (non-hydrogen) atoms. The second kappa shape index (κ2) is 12.6. The number of hydrazine groups is 1. The van der Waals surface area contributed by atoms with E-state index in [2.05, 4.69) is 9.55 Å². The molecule has 1 fully saturated rings. The zero-order valence-corrected chi connectivity index (χ0v) is 22.9. The van der Waals surface area contributed by atoms with E-state index in [9.17, 15) is 4.79 Å². The smallest absolute Gasteiger partial charge is 0.341 e. The van der Waals surface area contributed by atoms with Gasteiger partial charge in [-0.15, -0.1) is 0 Å². The van der Waals surface area contributed by atoms with Crippen LogP contribution in [0.25, 0.3) is 27.6 Å². The molecule has 0 saturated carbocycles. The van der Waals surface area contributed by atoms with E-state index in [1.54, 1.807) is 27.3 Å². The SMILES string of the molecule is COC(=O)c1cnc(OC)c2c3ncc(/C(=C(\C)N)N(C)N)cc3n(CC3CCOCC3)c12.c1ccccc1. The van der Waals surface area contributed by atoms with Crippen molar-refractivity contribution in [3.8, 4) is 5.88 Å². The number of nitrogens with two attached hydrogens (primary N) is 2. The molecule has 0 amide bonds. The molecule has 206 valence electrons. The lowest BCUT2D eigenvalue weighted by Crippen LogP contribution is -2.26. The normalized spacial score (nSPS) is 14.4. The van der Waals surface area contributed by atoms with Crippen LogP contribution in [0.15, 0.2) is 60.6 Å². The Labute approximate surface area is 228 Å². The van der Waals surface area contributed by atoms with Crippen LogP contribution in [0.1, 0.15) is 35.7 Å². The van der Waals surface area contributed by atoms with Crippen LogP contribution < -0.4 is 16.3 Å². The maximum Gasteiger partial charge on any atom is 0.341 e. The van der Waals surface area contributed by atoms with Crippen LogP contribution in [0.2, 0.25) is 0 Å². The molecular weight excluding hydrogens is 496 g/mol. The van der Waals surface area contributed by atoms with Gasteiger partial charge in [-0.1, -0.05) is 36.4 Å². The van der Waals surface area contributed by atoms with Gasteiger partial charge >= 0.3 is 5.97 Å². The first kappa shape index (κ1) is 27.9. The Morgan fingerprint density at radius 1 is 1.10 bits per heavy atom. The molecule has 0 spiro atoms. The minimum atomic E-state index is -0.466. The Kier molecular flexibility index (Phi) is 9.00. The Bertz CT molecular complexity index is 1430. The van der Waals surface area contributed by atoms with Crippen molar-refractivity contribution in [1.29, 1.82) is 0 Å². The Hall–Kier alpha value is -4.15. The average molecular weight is 533 g/mol. The third-order valence-corrected chi connectivity index (χ3v) is 6.73. The molecule has 4 aromatic rings. The number of nitrogens with zero attached hydrogens (tertiary/aromatic N) is 4. The van der Waals surface area contributed by atoms with Gasteiger partial charge in [0.05, 0.1) is 36.3 Å². The minimum Gasteiger partial charge on any atom is -0.480 e. The number of benzene rings is 1. The predicted molar refractivity (Wildman–Crippen MR) is 152 cm³/mol. The van der Waals surface area contributed by atoms with Crippen LogP contribution in [0.4, 0.5) is 0 Å². The van der Waals surface area contributed by atoms with Gasteiger partial charge in [0, 0.05) is 50.5 Å². The summed E-state index contributed by atoms with van der Waals surface area (Å²) in [7, 11) is 4.64. The number of hydrogen-bond acceptors (Lipinski definition) is 9. The van der Waals surface area contributed by atoms with Crippen molar-refractivity contribution in [3.63, 3.8) is 0 Å². The molecule has 4 N–H and O–H groups in total. The molecule has 10 heteroatoms. The summed E-state index contributed by atoms with van der Waals surface area (Å²) in [6, 6.07) is 14.0. The lowest BCUT2D eigenvalue weighted by molar-refractivity contribution is 0.0595. The molecule has 3 aromatic heterocycles. The van der Waals surface area contributed by atoms with Crippen molar-refractivity contribution in [3.05, 3.63) is 71.7 Å². The number of carbonyl (C=O) groups excluding carboxylic acids is 1. The van der Waals surface area contributed by atoms with Crippen molar-refractivity contribution >= 4 is 33.6 Å². The van der Waals surface area contributed by atoms with Gasteiger partial charge in [0.1, 0.15) is 11.1 Å². The van der Waals surface area contributed by atoms with Gasteiger partial charge in [-0.2, -0.15) is 0 Å². The molecule has 1 aliphatic rings. The van der Waals surface area contributed by atoms with Crippen molar-refractivity contribution in [2.45, 2.75) is 26.3 Å². The molecule has 4 heterocycles. The highest BCUT2D eigenvalue weighted by atomic mass is 16.5. The summed E-state index contributed by atoms with van der Waals surface area (Å²) >= 11 is 0. The van der Waals surface area contributed by atoms with Crippen LogP contribution in [0.3, 0.4) is 0 Å². The monoisotopic (exact) mass is 532 g/mol. The summed E-state index contributed by atoms with van der Waals surface area (Å²) < 4.78 is 18.3. The van der Waals surface area contributed by atoms with E-state index in [0.717, 1.165) is 37.1 Å². The first-order chi connectivity index (χ1) is 18.9. The summed E-state index contributed by atoms with van der Waals surface area (Å²) in [4.78, 5) is 21.8. The quantitative estimate of drug-likeness (QED) is 0.215. The van der Waals surface area contributed by atoms with E-state index >= 15 is 0 Å². The lowest BCUT2D eigenvalue weighted by atomic mass is 10.00. The summed E-state index contributed by atoms with van der Waals surface area (Å²) in [5.41, 5.74) is 10.7. The number of fused-ring (bicyclic) bond motifs is 3. The fraction of sp³-hybridized carbons (Fsp3) is 0.345. The van der Waals surface area contributed by atoms with E-state index < -0.39 is 5.97 Å². The van der Waals surface area contributed by atoms with Gasteiger partial charge in [-0.3, -0.25) is 4.98 Å². The molecule has 0 atom stereocenters. The third kappa shape index (κ3) is 5.97. The summed E-state index contributed by atoms with van der Waals surface area (Å²) in [5.74, 6) is 6.38. The van der Waals surface area contributed by atoms with Crippen LogP contribution >= 0.6 is 0 Å². The van der Waals surface area contributed by atoms with E-state index in [1.165, 1.54) is 18.3 Å². The molecule has 0 unspecified atom stereocenters. The average Bonchev–Trinajstić information content (AvgIpc) is 3.27. The third-order valence-electron chi connectivity index (χ3n) is 6.73. The Morgan fingerprint density at radius 2 is 1.74 bits per heavy atom. The molecule has 1 aliphatic heterocycles. The van der Waals surface area contributed by atoms with Crippen molar-refractivity contribution < 1.29 is 19.0 Å². The topological polar surface area (TPSA) is 131 Å². The largest absolute Gasteiger partial charge is 0.480 e. The molecule has 10 nitrogen and oxygen atoms in total. The lowest BCUT2D eigenvalue weighted by Gasteiger charge is -2.24. The number of allylic oxidation sites excluding steroid dienone is 1. The molecule has 1 saturated heterocycles. The van der Waals surface area contributed by atoms with E-state index in [1.807, 2.05) is 42.5 Å². The molecule has 1 aromatic carbocycles. The number of aromatic nitrogens is 3. The number of ether oxygens (including phenoxy) is 3. The zero-order valence-electron chi connectivity index (χ0n) is 22.9.